The van der Waals surface area contributed by atoms with Crippen LogP contribution in [0, 0.1) is 0 Å². The van der Waals surface area contributed by atoms with Crippen LogP contribution in [-0.4, -0.2) is 53.8 Å². The number of nitrogen functional groups attached to an aromatic ring is 1. The normalized spacial score (nSPS) is 20.3. The molecule has 190 valence electrons. The minimum atomic E-state index is -0.462. The summed E-state index contributed by atoms with van der Waals surface area (Å²) in [6, 6.07) is 1.91. The number of nitrogens with two attached hydrogens (primary N) is 2. The lowest BCUT2D eigenvalue weighted by atomic mass is 9.96. The Morgan fingerprint density at radius 2 is 2.00 bits per heavy atom. The average molecular weight is 610 g/mol. The van der Waals surface area contributed by atoms with E-state index in [1.807, 2.05) is 39.1 Å². The van der Waals surface area contributed by atoms with E-state index in [0.717, 1.165) is 52.0 Å². The van der Waals surface area contributed by atoms with Gasteiger partial charge < -0.3 is 31.7 Å². The van der Waals surface area contributed by atoms with Gasteiger partial charge in [-0.1, -0.05) is 12.2 Å². The lowest BCUT2D eigenvalue weighted by Gasteiger charge is -2.32. The topological polar surface area (TPSA) is 119 Å². The number of nitrogens with zero attached hydrogens (tertiary/aromatic N) is 2. The van der Waals surface area contributed by atoms with Crippen molar-refractivity contribution < 1.29 is 9.53 Å². The number of allylic oxidation sites excluding steroid dienone is 2. The molecule has 0 saturated heterocycles. The van der Waals surface area contributed by atoms with Crippen molar-refractivity contribution >= 4 is 49.2 Å². The van der Waals surface area contributed by atoms with Crippen LogP contribution in [-0.2, 0) is 4.74 Å². The summed E-state index contributed by atoms with van der Waals surface area (Å²) in [6.45, 7) is 8.74. The molecule has 3 aliphatic rings. The number of rotatable bonds is 2. The zero-order valence-corrected chi connectivity index (χ0v) is 23.6. The van der Waals surface area contributed by atoms with Crippen LogP contribution in [0.1, 0.15) is 39.3 Å². The van der Waals surface area contributed by atoms with Gasteiger partial charge in [-0.05, 0) is 95.3 Å². The Bertz CT molecular complexity index is 1060. The lowest BCUT2D eigenvalue weighted by Crippen LogP contribution is -2.42. The van der Waals surface area contributed by atoms with Crippen molar-refractivity contribution in [3.05, 3.63) is 62.6 Å². The van der Waals surface area contributed by atoms with Gasteiger partial charge in [-0.15, -0.1) is 0 Å². The number of carbonyl (C=O) groups excluding carboxylic acids is 1. The van der Waals surface area contributed by atoms with Crippen molar-refractivity contribution in [2.24, 2.45) is 5.73 Å². The molecule has 1 unspecified atom stereocenters. The number of hydrogen-bond donors (Lipinski definition) is 4. The molecule has 0 radical (unpaired) electrons. The van der Waals surface area contributed by atoms with E-state index in [9.17, 15) is 4.79 Å². The summed E-state index contributed by atoms with van der Waals surface area (Å²) in [6.07, 6.45) is 11.3. The second-order valence-corrected chi connectivity index (χ2v) is 11.3. The minimum Gasteiger partial charge on any atom is -0.444 e. The number of halogens is 2. The molecule has 1 aromatic rings. The Morgan fingerprint density at radius 1 is 1.23 bits per heavy atom. The van der Waals surface area contributed by atoms with Crippen molar-refractivity contribution in [2.75, 3.05) is 31.9 Å². The smallest absolute Gasteiger partial charge is 0.410 e. The zero-order chi connectivity index (χ0) is 25.6. The SMILES string of the molecule is CC(C)(C)OC(=O)N1CC=C(C2NC=C(Br)C=C2N)CC1.Nc1cc(Br)cnc1C1=CCNCC1. The van der Waals surface area contributed by atoms with Crippen molar-refractivity contribution in [3.63, 3.8) is 0 Å². The largest absolute Gasteiger partial charge is 0.444 e. The second-order valence-electron chi connectivity index (χ2n) is 9.50. The number of carbonyl (C=O) groups is 1. The van der Waals surface area contributed by atoms with E-state index in [0.29, 0.717) is 13.1 Å². The van der Waals surface area contributed by atoms with Crippen LogP contribution < -0.4 is 22.1 Å². The maximum atomic E-state index is 12.0. The van der Waals surface area contributed by atoms with Crippen molar-refractivity contribution in [1.29, 1.82) is 0 Å². The van der Waals surface area contributed by atoms with Gasteiger partial charge in [-0.2, -0.15) is 0 Å². The Morgan fingerprint density at radius 3 is 2.57 bits per heavy atom. The average Bonchev–Trinajstić information content (AvgIpc) is 2.79. The number of nitrogens with one attached hydrogen (secondary N) is 2. The standard InChI is InChI=1S/C15H22BrN3O2.C10H12BrN3/c1-15(2,3)21-14(20)19-6-4-10(5-7-19)13-12(17)8-11(16)9-18-13;11-8-5-9(12)10(14-6-8)7-1-3-13-4-2-7/h4,8-9,13,18H,5-7,17H2,1-3H3;1,5-6,13H,2-4,12H2. The maximum absolute atomic E-state index is 12.0. The predicted octanol–water partition coefficient (Wildman–Crippen LogP) is 4.41. The van der Waals surface area contributed by atoms with E-state index in [-0.39, 0.29) is 12.1 Å². The molecule has 35 heavy (non-hydrogen) atoms. The molecule has 0 spiro atoms. The molecular formula is C25H34Br2N6O2. The van der Waals surface area contributed by atoms with Gasteiger partial charge in [0.25, 0.3) is 0 Å². The number of pyridine rings is 1. The molecule has 0 fully saturated rings. The molecule has 10 heteroatoms. The van der Waals surface area contributed by atoms with E-state index < -0.39 is 5.60 Å². The van der Waals surface area contributed by atoms with Crippen LogP contribution in [0.4, 0.5) is 10.5 Å². The first-order chi connectivity index (χ1) is 16.5. The third kappa shape index (κ3) is 8.12. The first-order valence-corrected chi connectivity index (χ1v) is 13.2. The summed E-state index contributed by atoms with van der Waals surface area (Å²) in [7, 11) is 0. The van der Waals surface area contributed by atoms with Crippen LogP contribution >= 0.6 is 31.9 Å². The summed E-state index contributed by atoms with van der Waals surface area (Å²) in [4.78, 5) is 18.1. The summed E-state index contributed by atoms with van der Waals surface area (Å²) < 4.78 is 7.24. The molecule has 6 N–H and O–H groups in total. The van der Waals surface area contributed by atoms with Crippen molar-refractivity contribution in [2.45, 2.75) is 45.3 Å². The Hall–Kier alpha value is -2.30. The van der Waals surface area contributed by atoms with Crippen molar-refractivity contribution in [3.8, 4) is 0 Å². The number of anilines is 1. The van der Waals surface area contributed by atoms with Crippen LogP contribution in [0.5, 0.6) is 0 Å². The van der Waals surface area contributed by atoms with Gasteiger partial charge in [-0.25, -0.2) is 4.79 Å². The molecular weight excluding hydrogens is 576 g/mol. The number of hydrogen-bond acceptors (Lipinski definition) is 7. The maximum Gasteiger partial charge on any atom is 0.410 e. The van der Waals surface area contributed by atoms with Crippen LogP contribution in [0.15, 0.2) is 56.9 Å². The highest BCUT2D eigenvalue weighted by molar-refractivity contribution is 9.12. The first-order valence-electron chi connectivity index (χ1n) is 11.6. The number of dihydropyridines is 1. The van der Waals surface area contributed by atoms with Gasteiger partial charge in [-0.3, -0.25) is 4.98 Å². The second kappa shape index (κ2) is 12.1. The van der Waals surface area contributed by atoms with E-state index in [2.05, 4.69) is 59.6 Å². The van der Waals surface area contributed by atoms with Gasteiger partial charge >= 0.3 is 6.09 Å². The molecule has 4 heterocycles. The summed E-state index contributed by atoms with van der Waals surface area (Å²) in [5, 5.41) is 6.53. The number of aromatic nitrogens is 1. The highest BCUT2D eigenvalue weighted by Crippen LogP contribution is 2.26. The Balaban J connectivity index is 0.000000211. The molecule has 8 nitrogen and oxygen atoms in total. The fourth-order valence-corrected chi connectivity index (χ4v) is 4.61. The van der Waals surface area contributed by atoms with E-state index in [4.69, 9.17) is 16.2 Å². The van der Waals surface area contributed by atoms with Gasteiger partial charge in [0.1, 0.15) is 5.60 Å². The zero-order valence-electron chi connectivity index (χ0n) is 20.4. The van der Waals surface area contributed by atoms with E-state index in [1.54, 1.807) is 11.1 Å². The quantitative estimate of drug-likeness (QED) is 0.367. The van der Waals surface area contributed by atoms with Gasteiger partial charge in [0.15, 0.2) is 0 Å². The summed E-state index contributed by atoms with van der Waals surface area (Å²) in [5.74, 6) is 0. The highest BCUT2D eigenvalue weighted by atomic mass is 79.9. The van der Waals surface area contributed by atoms with Gasteiger partial charge in [0.05, 0.1) is 17.4 Å². The third-order valence-corrected chi connectivity index (χ3v) is 6.44. The molecule has 4 rings (SSSR count). The summed E-state index contributed by atoms with van der Waals surface area (Å²) in [5.41, 5.74) is 16.4. The molecule has 1 aromatic heterocycles. The highest BCUT2D eigenvalue weighted by Gasteiger charge is 2.27. The minimum absolute atomic E-state index is 0.0205. The fourth-order valence-electron chi connectivity index (χ4n) is 3.86. The molecule has 0 bridgehead atoms. The Labute approximate surface area is 224 Å². The van der Waals surface area contributed by atoms with Crippen LogP contribution in [0.3, 0.4) is 0 Å². The van der Waals surface area contributed by atoms with E-state index in [1.165, 1.54) is 11.1 Å². The first kappa shape index (κ1) is 27.3. The molecule has 1 amide bonds. The van der Waals surface area contributed by atoms with Gasteiger partial charge in [0.2, 0.25) is 0 Å². The summed E-state index contributed by atoms with van der Waals surface area (Å²) >= 11 is 6.74. The third-order valence-electron chi connectivity index (χ3n) is 5.54. The number of ether oxygens (including phenoxy) is 1. The molecule has 0 saturated carbocycles. The van der Waals surface area contributed by atoms with Crippen LogP contribution in [0.2, 0.25) is 0 Å². The fraction of sp³-hybridized carbons (Fsp3) is 0.440. The predicted molar refractivity (Wildman–Crippen MR) is 149 cm³/mol. The number of amides is 1. The lowest BCUT2D eigenvalue weighted by molar-refractivity contribution is 0.0265. The monoisotopic (exact) mass is 608 g/mol. The van der Waals surface area contributed by atoms with E-state index >= 15 is 0 Å². The Kier molecular flexibility index (Phi) is 9.43. The van der Waals surface area contributed by atoms with Crippen LogP contribution in [0.25, 0.3) is 5.57 Å². The van der Waals surface area contributed by atoms with Crippen molar-refractivity contribution in [1.82, 2.24) is 20.5 Å². The molecule has 3 aliphatic heterocycles. The molecule has 0 aliphatic carbocycles. The molecule has 0 aromatic carbocycles. The molecule has 1 atom stereocenters. The van der Waals surface area contributed by atoms with Gasteiger partial charge in [0, 0.05) is 46.7 Å².